The molecule has 0 radical (unpaired) electrons. The molecule has 0 saturated heterocycles. The molecule has 4 N–H and O–H groups in total. The predicted octanol–water partition coefficient (Wildman–Crippen LogP) is 1.71. The Morgan fingerprint density at radius 3 is 2.12 bits per heavy atom. The number of hydrogen-bond acceptors (Lipinski definition) is 2. The highest BCUT2D eigenvalue weighted by atomic mass is 16.1. The quantitative estimate of drug-likeness (QED) is 0.589. The van der Waals surface area contributed by atoms with Gasteiger partial charge in [0.2, 0.25) is 11.8 Å². The van der Waals surface area contributed by atoms with Gasteiger partial charge in [-0.1, -0.05) is 39.5 Å². The molecule has 94 valence electrons. The maximum atomic E-state index is 11.4. The molecular formula is C12H24N2O2. The third-order valence-electron chi connectivity index (χ3n) is 3.10. The van der Waals surface area contributed by atoms with Crippen LogP contribution < -0.4 is 11.5 Å². The lowest BCUT2D eigenvalue weighted by atomic mass is 9.79. The van der Waals surface area contributed by atoms with Crippen LogP contribution in [0.15, 0.2) is 0 Å². The van der Waals surface area contributed by atoms with Gasteiger partial charge in [-0.3, -0.25) is 9.59 Å². The lowest BCUT2D eigenvalue weighted by molar-refractivity contribution is -0.128. The van der Waals surface area contributed by atoms with Crippen molar-refractivity contribution >= 4 is 11.8 Å². The molecule has 0 aliphatic carbocycles. The number of primary amides is 2. The number of amides is 2. The number of unbranched alkanes of at least 4 members (excludes halogenated alkanes) is 3. The zero-order chi connectivity index (χ0) is 12.6. The molecule has 1 atom stereocenters. The maximum absolute atomic E-state index is 11.4. The molecule has 16 heavy (non-hydrogen) atoms. The van der Waals surface area contributed by atoms with Crippen LogP contribution in [0.1, 0.15) is 58.8 Å². The molecule has 0 rings (SSSR count). The summed E-state index contributed by atoms with van der Waals surface area (Å²) in [7, 11) is 0. The highest BCUT2D eigenvalue weighted by molar-refractivity contribution is 5.81. The Kier molecular flexibility index (Phi) is 6.77. The highest BCUT2D eigenvalue weighted by Gasteiger charge is 2.30. The second-order valence-corrected chi connectivity index (χ2v) is 4.70. The van der Waals surface area contributed by atoms with Crippen LogP contribution in [0, 0.1) is 5.41 Å². The SMILES string of the molecule is CCCCCCC(C)(CCC(N)=O)C(N)=O. The summed E-state index contributed by atoms with van der Waals surface area (Å²) in [6, 6.07) is 0. The molecule has 0 saturated carbocycles. The lowest BCUT2D eigenvalue weighted by Gasteiger charge is -2.25. The predicted molar refractivity (Wildman–Crippen MR) is 64.5 cm³/mol. The molecule has 0 fully saturated rings. The minimum absolute atomic E-state index is 0.229. The molecule has 1 unspecified atom stereocenters. The van der Waals surface area contributed by atoms with E-state index < -0.39 is 5.41 Å². The maximum Gasteiger partial charge on any atom is 0.223 e. The Bertz CT molecular complexity index is 241. The van der Waals surface area contributed by atoms with Crippen LogP contribution in [-0.4, -0.2) is 11.8 Å². The van der Waals surface area contributed by atoms with Gasteiger partial charge in [0, 0.05) is 11.8 Å². The summed E-state index contributed by atoms with van der Waals surface area (Å²) in [6.45, 7) is 3.96. The zero-order valence-electron chi connectivity index (χ0n) is 10.4. The summed E-state index contributed by atoms with van der Waals surface area (Å²) < 4.78 is 0. The second kappa shape index (κ2) is 7.25. The smallest absolute Gasteiger partial charge is 0.223 e. The summed E-state index contributed by atoms with van der Waals surface area (Å²) in [4.78, 5) is 22.1. The molecule has 2 amide bonds. The molecule has 0 aromatic heterocycles. The van der Waals surface area contributed by atoms with Gasteiger partial charge in [-0.15, -0.1) is 0 Å². The van der Waals surface area contributed by atoms with Crippen molar-refractivity contribution in [3.8, 4) is 0 Å². The van der Waals surface area contributed by atoms with Crippen molar-refractivity contribution in [1.82, 2.24) is 0 Å². The van der Waals surface area contributed by atoms with Gasteiger partial charge >= 0.3 is 0 Å². The van der Waals surface area contributed by atoms with Gasteiger partial charge in [0.05, 0.1) is 0 Å². The van der Waals surface area contributed by atoms with Crippen molar-refractivity contribution < 1.29 is 9.59 Å². The van der Waals surface area contributed by atoms with E-state index in [1.807, 2.05) is 6.92 Å². The van der Waals surface area contributed by atoms with Gasteiger partial charge in [0.25, 0.3) is 0 Å². The topological polar surface area (TPSA) is 86.2 Å². The van der Waals surface area contributed by atoms with Gasteiger partial charge < -0.3 is 11.5 Å². The number of rotatable bonds is 9. The summed E-state index contributed by atoms with van der Waals surface area (Å²) >= 11 is 0. The van der Waals surface area contributed by atoms with E-state index in [9.17, 15) is 9.59 Å². The van der Waals surface area contributed by atoms with Crippen LogP contribution in [0.2, 0.25) is 0 Å². The van der Waals surface area contributed by atoms with Crippen molar-refractivity contribution in [2.75, 3.05) is 0 Å². The van der Waals surface area contributed by atoms with E-state index in [0.29, 0.717) is 6.42 Å². The van der Waals surface area contributed by atoms with Crippen molar-refractivity contribution in [1.29, 1.82) is 0 Å². The fraction of sp³-hybridized carbons (Fsp3) is 0.833. The summed E-state index contributed by atoms with van der Waals surface area (Å²) in [5, 5.41) is 0. The average Bonchev–Trinajstić information content (AvgIpc) is 2.21. The second-order valence-electron chi connectivity index (χ2n) is 4.70. The molecular weight excluding hydrogens is 204 g/mol. The van der Waals surface area contributed by atoms with Crippen molar-refractivity contribution in [3.63, 3.8) is 0 Å². The van der Waals surface area contributed by atoms with Crippen molar-refractivity contribution in [3.05, 3.63) is 0 Å². The molecule has 0 aromatic carbocycles. The van der Waals surface area contributed by atoms with Crippen LogP contribution in [0.3, 0.4) is 0 Å². The Morgan fingerprint density at radius 1 is 1.06 bits per heavy atom. The monoisotopic (exact) mass is 228 g/mol. The van der Waals surface area contributed by atoms with Gasteiger partial charge in [0.1, 0.15) is 0 Å². The minimum atomic E-state index is -0.581. The van der Waals surface area contributed by atoms with E-state index in [1.165, 1.54) is 6.42 Å². The van der Waals surface area contributed by atoms with E-state index in [1.54, 1.807) is 0 Å². The van der Waals surface area contributed by atoms with Crippen LogP contribution in [-0.2, 0) is 9.59 Å². The van der Waals surface area contributed by atoms with Crippen molar-refractivity contribution in [2.24, 2.45) is 16.9 Å². The first-order valence-electron chi connectivity index (χ1n) is 6.00. The van der Waals surface area contributed by atoms with E-state index >= 15 is 0 Å². The molecule has 0 aromatic rings. The van der Waals surface area contributed by atoms with Gasteiger partial charge in [-0.05, 0) is 12.8 Å². The van der Waals surface area contributed by atoms with Crippen molar-refractivity contribution in [2.45, 2.75) is 58.8 Å². The Labute approximate surface area is 97.8 Å². The summed E-state index contributed by atoms with van der Waals surface area (Å²) in [6.07, 6.45) is 5.85. The molecule has 0 spiro atoms. The zero-order valence-corrected chi connectivity index (χ0v) is 10.4. The highest BCUT2D eigenvalue weighted by Crippen LogP contribution is 2.29. The van der Waals surface area contributed by atoms with Gasteiger partial charge in [-0.25, -0.2) is 0 Å². The fourth-order valence-corrected chi connectivity index (χ4v) is 1.71. The summed E-state index contributed by atoms with van der Waals surface area (Å²) in [5.41, 5.74) is 9.89. The lowest BCUT2D eigenvalue weighted by Crippen LogP contribution is -2.35. The fourth-order valence-electron chi connectivity index (χ4n) is 1.71. The van der Waals surface area contributed by atoms with E-state index in [4.69, 9.17) is 11.5 Å². The average molecular weight is 228 g/mol. The Hall–Kier alpha value is -1.06. The Morgan fingerprint density at radius 2 is 1.69 bits per heavy atom. The molecule has 0 heterocycles. The van der Waals surface area contributed by atoms with Crippen LogP contribution in [0.4, 0.5) is 0 Å². The normalized spacial score (nSPS) is 14.4. The molecule has 4 heteroatoms. The minimum Gasteiger partial charge on any atom is -0.370 e. The first-order chi connectivity index (χ1) is 7.42. The van der Waals surface area contributed by atoms with Crippen LogP contribution in [0.25, 0.3) is 0 Å². The largest absolute Gasteiger partial charge is 0.370 e. The standard InChI is InChI=1S/C12H24N2O2/c1-3-4-5-6-8-12(2,11(14)16)9-7-10(13)15/h3-9H2,1-2H3,(H2,13,15)(H2,14,16). The number of hydrogen-bond donors (Lipinski definition) is 2. The van der Waals surface area contributed by atoms with E-state index in [0.717, 1.165) is 25.7 Å². The first-order valence-corrected chi connectivity index (χ1v) is 6.00. The van der Waals surface area contributed by atoms with E-state index in [2.05, 4.69) is 6.92 Å². The Balaban J connectivity index is 4.12. The van der Waals surface area contributed by atoms with Crippen LogP contribution in [0.5, 0.6) is 0 Å². The third-order valence-corrected chi connectivity index (χ3v) is 3.10. The van der Waals surface area contributed by atoms with E-state index in [-0.39, 0.29) is 18.2 Å². The number of nitrogens with two attached hydrogens (primary N) is 2. The molecule has 0 bridgehead atoms. The van der Waals surface area contributed by atoms with Crippen LogP contribution >= 0.6 is 0 Å². The molecule has 4 nitrogen and oxygen atoms in total. The molecule has 0 aliphatic rings. The van der Waals surface area contributed by atoms with Gasteiger partial charge in [0.15, 0.2) is 0 Å². The van der Waals surface area contributed by atoms with Gasteiger partial charge in [-0.2, -0.15) is 0 Å². The molecule has 0 aliphatic heterocycles. The third kappa shape index (κ3) is 5.73. The number of carbonyl (C=O) groups is 2. The summed E-state index contributed by atoms with van der Waals surface area (Å²) in [5.74, 6) is -0.703. The first kappa shape index (κ1) is 14.9. The number of carbonyl (C=O) groups excluding carboxylic acids is 2.